The highest BCUT2D eigenvalue weighted by atomic mass is 32.2. The average molecular weight is 395 g/mol. The van der Waals surface area contributed by atoms with Gasteiger partial charge in [0.25, 0.3) is 0 Å². The quantitative estimate of drug-likeness (QED) is 0.615. The highest BCUT2D eigenvalue weighted by molar-refractivity contribution is 8.02. The summed E-state index contributed by atoms with van der Waals surface area (Å²) in [6, 6.07) is 12.9. The minimum atomic E-state index is 1.02. The molecule has 6 heteroatoms. The second kappa shape index (κ2) is 10.6. The van der Waals surface area contributed by atoms with E-state index in [1.54, 1.807) is 0 Å². The van der Waals surface area contributed by atoms with Gasteiger partial charge in [-0.05, 0) is 24.3 Å². The fourth-order valence-electron chi connectivity index (χ4n) is 2.32. The van der Waals surface area contributed by atoms with E-state index in [2.05, 4.69) is 36.4 Å². The highest BCUT2D eigenvalue weighted by Gasteiger charge is 2.03. The van der Waals surface area contributed by atoms with E-state index in [0.717, 1.165) is 23.0 Å². The van der Waals surface area contributed by atoms with Crippen molar-refractivity contribution in [2.75, 3.05) is 23.0 Å². The van der Waals surface area contributed by atoms with Crippen LogP contribution in [0.1, 0.15) is 22.8 Å². The van der Waals surface area contributed by atoms with Gasteiger partial charge in [-0.25, -0.2) is 0 Å². The normalized spacial score (nSPS) is 17.7. The van der Waals surface area contributed by atoms with E-state index >= 15 is 0 Å². The molecule has 0 spiro atoms. The van der Waals surface area contributed by atoms with Crippen molar-refractivity contribution in [1.29, 1.82) is 0 Å². The van der Waals surface area contributed by atoms with Crippen LogP contribution in [0.15, 0.2) is 36.4 Å². The Morgan fingerprint density at radius 3 is 1.08 bits per heavy atom. The van der Waals surface area contributed by atoms with Gasteiger partial charge in [-0.2, -0.15) is 47.0 Å². The Morgan fingerprint density at radius 2 is 0.792 bits per heavy atom. The van der Waals surface area contributed by atoms with Crippen molar-refractivity contribution in [3.05, 3.63) is 59.2 Å². The molecule has 0 atom stereocenters. The Kier molecular flexibility index (Phi) is 8.20. The summed E-state index contributed by atoms with van der Waals surface area (Å²) in [5.74, 6) is 8.74. The molecule has 0 aromatic carbocycles. The zero-order valence-electron chi connectivity index (χ0n) is 13.6. The van der Waals surface area contributed by atoms with Crippen LogP contribution in [-0.4, -0.2) is 33.0 Å². The summed E-state index contributed by atoms with van der Waals surface area (Å²) in [6.45, 7) is 0. The molecule has 0 aliphatic carbocycles. The molecule has 2 aromatic rings. The van der Waals surface area contributed by atoms with Crippen LogP contribution in [0.3, 0.4) is 0 Å². The average Bonchev–Trinajstić information content (AvgIpc) is 2.61. The summed E-state index contributed by atoms with van der Waals surface area (Å²) < 4.78 is 0. The van der Waals surface area contributed by atoms with Crippen LogP contribution < -0.4 is 0 Å². The lowest BCUT2D eigenvalue weighted by atomic mass is 10.3. The first-order chi connectivity index (χ1) is 11.9. The summed E-state index contributed by atoms with van der Waals surface area (Å²) >= 11 is 7.92. The summed E-state index contributed by atoms with van der Waals surface area (Å²) in [5.41, 5.74) is 4.86. The van der Waals surface area contributed by atoms with E-state index in [-0.39, 0.29) is 0 Å². The molecule has 3 heterocycles. The standard InChI is InChI=1S/C18H22N2S4/c1-3-15-11-21-7-9-23-13-17-5-2-6-18(20-17)14-24-10-8-22-12-16(4-1)19-15/h1-6H,7-14H2. The molecule has 3 rings (SSSR count). The Balaban J connectivity index is 1.58. The van der Waals surface area contributed by atoms with Crippen LogP contribution in [-0.2, 0) is 23.0 Å². The van der Waals surface area contributed by atoms with Gasteiger partial charge in [0.2, 0.25) is 0 Å². The van der Waals surface area contributed by atoms with Crippen molar-refractivity contribution in [2.45, 2.75) is 23.0 Å². The number of nitrogens with zero attached hydrogens (tertiary/aromatic N) is 2. The van der Waals surface area contributed by atoms with Crippen LogP contribution in [0.2, 0.25) is 0 Å². The van der Waals surface area contributed by atoms with Crippen LogP contribution in [0.4, 0.5) is 0 Å². The topological polar surface area (TPSA) is 25.8 Å². The number of pyridine rings is 2. The number of thioether (sulfide) groups is 4. The second-order valence-corrected chi connectivity index (χ2v) is 9.87. The fourth-order valence-corrected chi connectivity index (χ4v) is 6.27. The van der Waals surface area contributed by atoms with Crippen molar-refractivity contribution >= 4 is 47.0 Å². The first-order valence-electron chi connectivity index (χ1n) is 8.11. The van der Waals surface area contributed by atoms with E-state index in [4.69, 9.17) is 9.97 Å². The monoisotopic (exact) mass is 394 g/mol. The van der Waals surface area contributed by atoms with Gasteiger partial charge >= 0.3 is 0 Å². The van der Waals surface area contributed by atoms with E-state index in [9.17, 15) is 0 Å². The maximum atomic E-state index is 4.79. The molecule has 0 amide bonds. The van der Waals surface area contributed by atoms with E-state index in [0.29, 0.717) is 0 Å². The molecule has 128 valence electrons. The molecular weight excluding hydrogens is 372 g/mol. The molecule has 1 aliphatic rings. The van der Waals surface area contributed by atoms with Gasteiger partial charge < -0.3 is 0 Å². The van der Waals surface area contributed by atoms with Crippen LogP contribution in [0.25, 0.3) is 0 Å². The third-order valence-electron chi connectivity index (χ3n) is 3.47. The van der Waals surface area contributed by atoms with Gasteiger partial charge in [0.05, 0.1) is 22.8 Å². The summed E-state index contributed by atoms with van der Waals surface area (Å²) in [6.07, 6.45) is 0. The number of fused-ring (bicyclic) bond motifs is 4. The number of hydrogen-bond donors (Lipinski definition) is 0. The van der Waals surface area contributed by atoms with Crippen LogP contribution in [0, 0.1) is 0 Å². The number of hydrogen-bond acceptors (Lipinski definition) is 6. The summed E-state index contributed by atoms with van der Waals surface area (Å²) in [5, 5.41) is 0. The number of aromatic nitrogens is 2. The third kappa shape index (κ3) is 6.54. The number of rotatable bonds is 0. The molecule has 24 heavy (non-hydrogen) atoms. The molecule has 0 fully saturated rings. The molecule has 0 saturated heterocycles. The molecule has 0 radical (unpaired) electrons. The Hall–Kier alpha value is -0.300. The summed E-state index contributed by atoms with van der Waals surface area (Å²) in [4.78, 5) is 9.58. The maximum Gasteiger partial charge on any atom is 0.0506 e. The predicted molar refractivity (Wildman–Crippen MR) is 113 cm³/mol. The van der Waals surface area contributed by atoms with Crippen molar-refractivity contribution in [2.24, 2.45) is 0 Å². The fraction of sp³-hybridized carbons (Fsp3) is 0.444. The lowest BCUT2D eigenvalue weighted by molar-refractivity contribution is 1.09. The van der Waals surface area contributed by atoms with Crippen molar-refractivity contribution in [3.63, 3.8) is 0 Å². The SMILES string of the molecule is c1cc2nc(c1)CSCCSCc1cccc(n1)CSCCSC2. The lowest BCUT2D eigenvalue weighted by Crippen LogP contribution is -1.97. The van der Waals surface area contributed by atoms with Gasteiger partial charge in [-0.1, -0.05) is 12.1 Å². The van der Waals surface area contributed by atoms with Crippen molar-refractivity contribution in [3.8, 4) is 0 Å². The molecule has 0 saturated carbocycles. The van der Waals surface area contributed by atoms with E-state index < -0.39 is 0 Å². The Labute approximate surface area is 161 Å². The first kappa shape index (κ1) is 18.5. The van der Waals surface area contributed by atoms with Gasteiger partial charge in [-0.15, -0.1) is 0 Å². The molecule has 2 nitrogen and oxygen atoms in total. The van der Waals surface area contributed by atoms with Gasteiger partial charge in [0.15, 0.2) is 0 Å². The van der Waals surface area contributed by atoms with Gasteiger partial charge in [-0.3, -0.25) is 9.97 Å². The Morgan fingerprint density at radius 1 is 0.500 bits per heavy atom. The van der Waals surface area contributed by atoms with E-state index in [1.165, 1.54) is 45.8 Å². The van der Waals surface area contributed by atoms with Crippen LogP contribution in [0.5, 0.6) is 0 Å². The largest absolute Gasteiger partial charge is 0.256 e. The maximum absolute atomic E-state index is 4.79. The molecule has 1 aliphatic heterocycles. The van der Waals surface area contributed by atoms with Gasteiger partial charge in [0.1, 0.15) is 0 Å². The minimum absolute atomic E-state index is 1.02. The van der Waals surface area contributed by atoms with Crippen molar-refractivity contribution in [1.82, 2.24) is 9.97 Å². The van der Waals surface area contributed by atoms with Crippen molar-refractivity contribution < 1.29 is 0 Å². The zero-order valence-corrected chi connectivity index (χ0v) is 16.9. The smallest absolute Gasteiger partial charge is 0.0506 e. The summed E-state index contributed by atoms with van der Waals surface area (Å²) in [7, 11) is 0. The minimum Gasteiger partial charge on any atom is -0.256 e. The molecule has 4 bridgehead atoms. The van der Waals surface area contributed by atoms with Crippen LogP contribution >= 0.6 is 47.0 Å². The molecular formula is C18H22N2S4. The molecule has 2 aromatic heterocycles. The lowest BCUT2D eigenvalue weighted by Gasteiger charge is -2.07. The molecule has 0 unspecified atom stereocenters. The predicted octanol–water partition coefficient (Wildman–Crippen LogP) is 5.12. The highest BCUT2D eigenvalue weighted by Crippen LogP contribution is 2.20. The van der Waals surface area contributed by atoms with Gasteiger partial charge in [0, 0.05) is 46.0 Å². The molecule has 0 N–H and O–H groups in total. The third-order valence-corrected chi connectivity index (χ3v) is 7.96. The zero-order chi connectivity index (χ0) is 16.5. The Bertz CT molecular complexity index is 534. The second-order valence-electron chi connectivity index (χ2n) is 5.45. The first-order valence-corrected chi connectivity index (χ1v) is 12.7. The van der Waals surface area contributed by atoms with E-state index in [1.807, 2.05) is 47.0 Å².